The summed E-state index contributed by atoms with van der Waals surface area (Å²) >= 11 is 6.29. The Morgan fingerprint density at radius 1 is 1.04 bits per heavy atom. The van der Waals surface area contributed by atoms with Crippen LogP contribution in [0.2, 0.25) is 5.02 Å². The molecule has 0 heterocycles. The van der Waals surface area contributed by atoms with Crippen LogP contribution in [0.4, 0.5) is 0 Å². The van der Waals surface area contributed by atoms with Crippen LogP contribution in [0.15, 0.2) is 41.6 Å². The van der Waals surface area contributed by atoms with Crippen LogP contribution < -0.4 is 0 Å². The third kappa shape index (κ3) is 2.87. The quantitative estimate of drug-likeness (QED) is 0.400. The van der Waals surface area contributed by atoms with Gasteiger partial charge in [-0.05, 0) is 65.8 Å². The lowest BCUT2D eigenvalue weighted by Crippen LogP contribution is -2.23. The Bertz CT molecular complexity index is 866. The van der Waals surface area contributed by atoms with Gasteiger partial charge in [-0.2, -0.15) is 0 Å². The van der Waals surface area contributed by atoms with Gasteiger partial charge in [0, 0.05) is 17.4 Å². The van der Waals surface area contributed by atoms with Gasteiger partial charge in [-0.3, -0.25) is 0 Å². The molecule has 0 unspecified atom stereocenters. The smallest absolute Gasteiger partial charge is 0.318 e. The highest BCUT2D eigenvalue weighted by molar-refractivity contribution is 6.30. The Morgan fingerprint density at radius 3 is 2.24 bits per heavy atom. The molecule has 2 aromatic rings. The topological polar surface area (TPSA) is 38.7 Å². The van der Waals surface area contributed by atoms with Crippen molar-refractivity contribution in [2.24, 2.45) is 5.16 Å². The molecular formula is C21H22ClNO2. The van der Waals surface area contributed by atoms with E-state index in [4.69, 9.17) is 16.4 Å². The minimum Gasteiger partial charge on any atom is -0.318 e. The summed E-state index contributed by atoms with van der Waals surface area (Å²) in [6, 6.07) is 12.5. The average Bonchev–Trinajstić information content (AvgIpc) is 2.88. The Hall–Kier alpha value is -2.13. The summed E-state index contributed by atoms with van der Waals surface area (Å²) < 4.78 is 0. The predicted molar refractivity (Wildman–Crippen MR) is 102 cm³/mol. The van der Waals surface area contributed by atoms with E-state index in [1.807, 2.05) is 19.1 Å². The Kier molecular flexibility index (Phi) is 4.70. The van der Waals surface area contributed by atoms with E-state index in [1.165, 1.54) is 29.2 Å². The van der Waals surface area contributed by atoms with Crippen molar-refractivity contribution in [2.75, 3.05) is 0 Å². The van der Waals surface area contributed by atoms with Gasteiger partial charge in [0.1, 0.15) is 0 Å². The molecule has 4 heteroatoms. The second kappa shape index (κ2) is 6.64. The summed E-state index contributed by atoms with van der Waals surface area (Å²) in [7, 11) is 0. The van der Waals surface area contributed by atoms with Gasteiger partial charge in [0.15, 0.2) is 0 Å². The van der Waals surface area contributed by atoms with E-state index in [-0.39, 0.29) is 5.41 Å². The number of oxime groups is 1. The number of carbonyl (C=O) groups excluding carboxylic acids is 1. The van der Waals surface area contributed by atoms with Crippen LogP contribution in [0, 0.1) is 0 Å². The van der Waals surface area contributed by atoms with Crippen molar-refractivity contribution >= 4 is 23.3 Å². The molecule has 0 spiro atoms. The minimum atomic E-state index is -0.418. The third-order valence-electron chi connectivity index (χ3n) is 5.26. The average molecular weight is 356 g/mol. The van der Waals surface area contributed by atoms with E-state index < -0.39 is 5.97 Å². The summed E-state index contributed by atoms with van der Waals surface area (Å²) in [5.41, 5.74) is 6.70. The number of nitrogens with zero attached hydrogens (tertiary/aromatic N) is 1. The lowest BCUT2D eigenvalue weighted by molar-refractivity contribution is -0.140. The molecule has 2 aromatic carbocycles. The van der Waals surface area contributed by atoms with Crippen molar-refractivity contribution in [1.82, 2.24) is 0 Å². The second-order valence-corrected chi connectivity index (χ2v) is 6.94. The molecule has 0 saturated heterocycles. The first-order chi connectivity index (χ1) is 11.9. The largest absolute Gasteiger partial charge is 0.331 e. The minimum absolute atomic E-state index is 0.0483. The fourth-order valence-electron chi connectivity index (χ4n) is 3.89. The fourth-order valence-corrected chi connectivity index (χ4v) is 4.06. The maximum absolute atomic E-state index is 11.0. The third-order valence-corrected chi connectivity index (χ3v) is 5.49. The van der Waals surface area contributed by atoms with E-state index in [2.05, 4.69) is 43.3 Å². The van der Waals surface area contributed by atoms with Gasteiger partial charge in [0.2, 0.25) is 0 Å². The normalized spacial score (nSPS) is 14.8. The highest BCUT2D eigenvalue weighted by Crippen LogP contribution is 2.53. The van der Waals surface area contributed by atoms with Crippen LogP contribution in [0.5, 0.6) is 0 Å². The van der Waals surface area contributed by atoms with Gasteiger partial charge in [-0.1, -0.05) is 48.8 Å². The van der Waals surface area contributed by atoms with E-state index in [0.29, 0.717) is 5.71 Å². The molecule has 0 aliphatic heterocycles. The van der Waals surface area contributed by atoms with Crippen LogP contribution in [0.1, 0.15) is 57.2 Å². The highest BCUT2D eigenvalue weighted by Gasteiger charge is 2.40. The van der Waals surface area contributed by atoms with Crippen LogP contribution in [-0.4, -0.2) is 11.7 Å². The van der Waals surface area contributed by atoms with Crippen LogP contribution >= 0.6 is 11.6 Å². The maximum atomic E-state index is 11.0. The Balaban J connectivity index is 2.17. The van der Waals surface area contributed by atoms with Crippen molar-refractivity contribution in [1.29, 1.82) is 0 Å². The zero-order chi connectivity index (χ0) is 18.2. The molecule has 0 atom stereocenters. The predicted octanol–water partition coefficient (Wildman–Crippen LogP) is 5.71. The molecule has 0 radical (unpaired) electrons. The van der Waals surface area contributed by atoms with Gasteiger partial charge in [0.25, 0.3) is 0 Å². The molecular weight excluding hydrogens is 334 g/mol. The molecule has 1 aliphatic carbocycles. The van der Waals surface area contributed by atoms with Crippen molar-refractivity contribution in [3.05, 3.63) is 58.1 Å². The van der Waals surface area contributed by atoms with E-state index in [1.54, 1.807) is 0 Å². The van der Waals surface area contributed by atoms with Crippen molar-refractivity contribution in [3.8, 4) is 11.1 Å². The molecule has 0 amide bonds. The van der Waals surface area contributed by atoms with Crippen LogP contribution in [0.3, 0.4) is 0 Å². The monoisotopic (exact) mass is 355 g/mol. The number of rotatable bonds is 4. The van der Waals surface area contributed by atoms with Crippen LogP contribution in [0.25, 0.3) is 11.1 Å². The number of benzene rings is 2. The summed E-state index contributed by atoms with van der Waals surface area (Å²) in [6.45, 7) is 7.63. The molecule has 0 fully saturated rings. The lowest BCUT2D eigenvalue weighted by atomic mass is 9.73. The summed E-state index contributed by atoms with van der Waals surface area (Å²) in [5.74, 6) is -0.418. The number of hydrogen-bond acceptors (Lipinski definition) is 3. The first kappa shape index (κ1) is 17.7. The zero-order valence-corrected chi connectivity index (χ0v) is 15.8. The number of hydrogen-bond donors (Lipinski definition) is 0. The van der Waals surface area contributed by atoms with E-state index in [0.717, 1.165) is 23.4 Å². The van der Waals surface area contributed by atoms with Crippen molar-refractivity contribution in [2.45, 2.75) is 46.0 Å². The molecule has 3 nitrogen and oxygen atoms in total. The van der Waals surface area contributed by atoms with Gasteiger partial charge in [-0.25, -0.2) is 4.79 Å². The van der Waals surface area contributed by atoms with E-state index in [9.17, 15) is 4.79 Å². The molecule has 130 valence electrons. The first-order valence-electron chi connectivity index (χ1n) is 8.60. The molecule has 1 aliphatic rings. The Morgan fingerprint density at radius 2 is 1.64 bits per heavy atom. The number of halogens is 1. The second-order valence-electron chi connectivity index (χ2n) is 6.50. The molecule has 0 N–H and O–H groups in total. The number of carbonyl (C=O) groups is 1. The van der Waals surface area contributed by atoms with Crippen molar-refractivity contribution < 1.29 is 9.63 Å². The van der Waals surface area contributed by atoms with Crippen LogP contribution in [-0.2, 0) is 15.0 Å². The molecule has 0 aromatic heterocycles. The van der Waals surface area contributed by atoms with Gasteiger partial charge < -0.3 is 4.84 Å². The highest BCUT2D eigenvalue weighted by atomic mass is 35.5. The van der Waals surface area contributed by atoms with Gasteiger partial charge >= 0.3 is 5.97 Å². The van der Waals surface area contributed by atoms with Gasteiger partial charge in [-0.15, -0.1) is 0 Å². The van der Waals surface area contributed by atoms with Gasteiger partial charge in [0.05, 0.1) is 5.71 Å². The molecule has 25 heavy (non-hydrogen) atoms. The van der Waals surface area contributed by atoms with E-state index >= 15 is 0 Å². The summed E-state index contributed by atoms with van der Waals surface area (Å²) in [5, 5.41) is 4.70. The Labute approximate surface area is 153 Å². The zero-order valence-electron chi connectivity index (χ0n) is 15.0. The molecule has 0 bridgehead atoms. The lowest BCUT2D eigenvalue weighted by Gasteiger charge is -2.30. The standard InChI is InChI=1S/C21H22ClNO2/c1-5-21(6-2)19-11-15(13(3)23-25-14(4)24)7-9-17(19)18-10-8-16(22)12-20(18)21/h7-12H,5-6H2,1-4H3. The fraction of sp³-hybridized carbons (Fsp3) is 0.333. The van der Waals surface area contributed by atoms with Crippen molar-refractivity contribution in [3.63, 3.8) is 0 Å². The first-order valence-corrected chi connectivity index (χ1v) is 8.98. The molecule has 0 saturated carbocycles. The maximum Gasteiger partial charge on any atom is 0.331 e. The summed E-state index contributed by atoms with van der Waals surface area (Å²) in [6.07, 6.45) is 1.99. The number of fused-ring (bicyclic) bond motifs is 3. The molecule has 3 rings (SSSR count). The summed E-state index contributed by atoms with van der Waals surface area (Å²) in [4.78, 5) is 15.8. The SMILES string of the molecule is CCC1(CC)c2cc(Cl)ccc2-c2ccc(C(C)=NOC(C)=O)cc21.